The van der Waals surface area contributed by atoms with Crippen LogP contribution in [0.3, 0.4) is 0 Å². The maximum absolute atomic E-state index is 13.1. The molecule has 1 heterocycles. The Morgan fingerprint density at radius 2 is 1.76 bits per heavy atom. The maximum atomic E-state index is 13.1. The number of benzene rings is 1. The van der Waals surface area contributed by atoms with Crippen LogP contribution in [0.4, 0.5) is 0 Å². The SMILES string of the molecule is Cc1ccc(S(=O)(=O)C(CNC(=O)C(=O)NC2CCCCC2)c2ccco2)cc1. The van der Waals surface area contributed by atoms with Gasteiger partial charge in [0, 0.05) is 12.6 Å². The fourth-order valence-corrected chi connectivity index (χ4v) is 5.08. The Labute approximate surface area is 170 Å². The lowest BCUT2D eigenvalue weighted by molar-refractivity contribution is -0.139. The van der Waals surface area contributed by atoms with Crippen molar-refractivity contribution in [2.24, 2.45) is 0 Å². The van der Waals surface area contributed by atoms with Gasteiger partial charge < -0.3 is 15.1 Å². The van der Waals surface area contributed by atoms with Crippen molar-refractivity contribution in [3.63, 3.8) is 0 Å². The fraction of sp³-hybridized carbons (Fsp3) is 0.429. The van der Waals surface area contributed by atoms with E-state index in [1.807, 2.05) is 6.92 Å². The molecule has 0 aliphatic heterocycles. The molecule has 0 spiro atoms. The third-order valence-electron chi connectivity index (χ3n) is 5.18. The van der Waals surface area contributed by atoms with E-state index in [9.17, 15) is 18.0 Å². The van der Waals surface area contributed by atoms with E-state index in [0.717, 1.165) is 37.7 Å². The van der Waals surface area contributed by atoms with Crippen LogP contribution in [0.5, 0.6) is 0 Å². The average Bonchev–Trinajstić information content (AvgIpc) is 3.23. The average molecular weight is 419 g/mol. The number of amides is 2. The molecule has 0 bridgehead atoms. The minimum absolute atomic E-state index is 0.000776. The molecule has 2 amide bonds. The zero-order valence-corrected chi connectivity index (χ0v) is 17.2. The predicted octanol–water partition coefficient (Wildman–Crippen LogP) is 2.67. The molecule has 2 N–H and O–H groups in total. The summed E-state index contributed by atoms with van der Waals surface area (Å²) in [6.07, 6.45) is 6.29. The van der Waals surface area contributed by atoms with E-state index in [1.54, 1.807) is 24.3 Å². The zero-order valence-electron chi connectivity index (χ0n) is 16.4. The van der Waals surface area contributed by atoms with Crippen molar-refractivity contribution >= 4 is 21.7 Å². The standard InChI is InChI=1S/C21H26N2O5S/c1-15-9-11-17(12-10-15)29(26,27)19(18-8-5-13-28-18)14-22-20(24)21(25)23-16-6-3-2-4-7-16/h5,8-13,16,19H,2-4,6-7,14H2,1H3,(H,22,24)(H,23,25). The fourth-order valence-electron chi connectivity index (χ4n) is 3.49. The Hall–Kier alpha value is -2.61. The van der Waals surface area contributed by atoms with Crippen molar-refractivity contribution in [1.29, 1.82) is 0 Å². The molecule has 1 aromatic carbocycles. The Morgan fingerprint density at radius 1 is 1.07 bits per heavy atom. The monoisotopic (exact) mass is 418 g/mol. The van der Waals surface area contributed by atoms with E-state index in [0.29, 0.717) is 0 Å². The van der Waals surface area contributed by atoms with Crippen LogP contribution in [-0.2, 0) is 19.4 Å². The van der Waals surface area contributed by atoms with Gasteiger partial charge in [-0.25, -0.2) is 8.42 Å². The first-order valence-electron chi connectivity index (χ1n) is 9.80. The van der Waals surface area contributed by atoms with Crippen molar-refractivity contribution in [2.75, 3.05) is 6.54 Å². The van der Waals surface area contributed by atoms with E-state index in [4.69, 9.17) is 4.42 Å². The third kappa shape index (κ3) is 5.26. The summed E-state index contributed by atoms with van der Waals surface area (Å²) in [7, 11) is -3.83. The molecule has 1 aromatic heterocycles. The summed E-state index contributed by atoms with van der Waals surface area (Å²) in [4.78, 5) is 24.6. The quantitative estimate of drug-likeness (QED) is 0.702. The highest BCUT2D eigenvalue weighted by atomic mass is 32.2. The van der Waals surface area contributed by atoms with Gasteiger partial charge in [0.05, 0.1) is 11.2 Å². The van der Waals surface area contributed by atoms with Crippen LogP contribution in [0.25, 0.3) is 0 Å². The van der Waals surface area contributed by atoms with Crippen LogP contribution >= 0.6 is 0 Å². The van der Waals surface area contributed by atoms with Gasteiger partial charge in [0.25, 0.3) is 0 Å². The smallest absolute Gasteiger partial charge is 0.309 e. The number of furan rings is 1. The van der Waals surface area contributed by atoms with Gasteiger partial charge in [-0.15, -0.1) is 0 Å². The van der Waals surface area contributed by atoms with Gasteiger partial charge >= 0.3 is 11.8 Å². The van der Waals surface area contributed by atoms with E-state index in [2.05, 4.69) is 10.6 Å². The molecule has 8 heteroatoms. The van der Waals surface area contributed by atoms with Crippen LogP contribution in [0, 0.1) is 6.92 Å². The maximum Gasteiger partial charge on any atom is 0.309 e. The van der Waals surface area contributed by atoms with Crippen LogP contribution < -0.4 is 10.6 Å². The normalized spacial score (nSPS) is 16.2. The van der Waals surface area contributed by atoms with Gasteiger partial charge in [-0.05, 0) is 44.0 Å². The second-order valence-corrected chi connectivity index (χ2v) is 9.51. The van der Waals surface area contributed by atoms with E-state index < -0.39 is 26.9 Å². The molecular weight excluding hydrogens is 392 g/mol. The topological polar surface area (TPSA) is 105 Å². The van der Waals surface area contributed by atoms with Crippen molar-refractivity contribution in [3.8, 4) is 0 Å². The van der Waals surface area contributed by atoms with Gasteiger partial charge in [0.2, 0.25) is 0 Å². The van der Waals surface area contributed by atoms with Crippen molar-refractivity contribution in [2.45, 2.75) is 55.2 Å². The van der Waals surface area contributed by atoms with Crippen LogP contribution in [0.15, 0.2) is 52.0 Å². The summed E-state index contributed by atoms with van der Waals surface area (Å²) in [6.45, 7) is 1.60. The number of aryl methyl sites for hydroxylation is 1. The Morgan fingerprint density at radius 3 is 2.38 bits per heavy atom. The number of hydrogen-bond acceptors (Lipinski definition) is 5. The highest BCUT2D eigenvalue weighted by Gasteiger charge is 2.32. The molecular formula is C21H26N2O5S. The van der Waals surface area contributed by atoms with E-state index >= 15 is 0 Å². The predicted molar refractivity (Wildman–Crippen MR) is 108 cm³/mol. The lowest BCUT2D eigenvalue weighted by Gasteiger charge is -2.22. The van der Waals surface area contributed by atoms with Gasteiger partial charge in [-0.3, -0.25) is 9.59 Å². The lowest BCUT2D eigenvalue weighted by Crippen LogP contribution is -2.46. The van der Waals surface area contributed by atoms with Gasteiger partial charge in [-0.1, -0.05) is 37.0 Å². The second kappa shape index (κ2) is 9.26. The molecule has 1 aliphatic carbocycles. The molecule has 0 saturated heterocycles. The summed E-state index contributed by atoms with van der Waals surface area (Å²) >= 11 is 0. The molecule has 2 aromatic rings. The molecule has 7 nitrogen and oxygen atoms in total. The molecule has 29 heavy (non-hydrogen) atoms. The number of nitrogens with one attached hydrogen (secondary N) is 2. The molecule has 0 radical (unpaired) electrons. The van der Waals surface area contributed by atoms with Crippen molar-refractivity contribution in [3.05, 3.63) is 54.0 Å². The number of carbonyl (C=O) groups is 2. The largest absolute Gasteiger partial charge is 0.468 e. The highest BCUT2D eigenvalue weighted by molar-refractivity contribution is 7.91. The highest BCUT2D eigenvalue weighted by Crippen LogP contribution is 2.29. The summed E-state index contributed by atoms with van der Waals surface area (Å²) in [5, 5.41) is 4.05. The van der Waals surface area contributed by atoms with Gasteiger partial charge in [0.15, 0.2) is 9.84 Å². The van der Waals surface area contributed by atoms with E-state index in [1.165, 1.54) is 18.4 Å². The first-order chi connectivity index (χ1) is 13.9. The van der Waals surface area contributed by atoms with Crippen LogP contribution in [0.2, 0.25) is 0 Å². The molecule has 3 rings (SSSR count). The molecule has 1 aliphatic rings. The Kier molecular flexibility index (Phi) is 6.74. The van der Waals surface area contributed by atoms with Crippen LogP contribution in [-0.4, -0.2) is 32.8 Å². The summed E-state index contributed by atoms with van der Waals surface area (Å²) in [6, 6.07) is 9.61. The van der Waals surface area contributed by atoms with Crippen molar-refractivity contribution in [1.82, 2.24) is 10.6 Å². The first-order valence-corrected chi connectivity index (χ1v) is 11.3. The molecule has 1 atom stereocenters. The number of sulfone groups is 1. The van der Waals surface area contributed by atoms with Gasteiger partial charge in [0.1, 0.15) is 11.0 Å². The Balaban J connectivity index is 1.70. The molecule has 156 valence electrons. The Bertz CT molecular complexity index is 930. The van der Waals surface area contributed by atoms with Gasteiger partial charge in [-0.2, -0.15) is 0 Å². The number of carbonyl (C=O) groups excluding carboxylic acids is 2. The zero-order chi connectivity index (χ0) is 20.9. The summed E-state index contributed by atoms with van der Waals surface area (Å²) in [5.74, 6) is -1.37. The molecule has 1 saturated carbocycles. The minimum atomic E-state index is -3.83. The van der Waals surface area contributed by atoms with Crippen LogP contribution in [0.1, 0.15) is 48.7 Å². The number of rotatable bonds is 6. The lowest BCUT2D eigenvalue weighted by atomic mass is 9.95. The molecule has 1 fully saturated rings. The second-order valence-electron chi connectivity index (χ2n) is 7.38. The summed E-state index contributed by atoms with van der Waals surface area (Å²) in [5.41, 5.74) is 0.936. The third-order valence-corrected chi connectivity index (χ3v) is 7.26. The number of hydrogen-bond donors (Lipinski definition) is 2. The molecule has 1 unspecified atom stereocenters. The summed E-state index contributed by atoms with van der Waals surface area (Å²) < 4.78 is 31.6. The first kappa shape index (κ1) is 21.1. The van der Waals surface area contributed by atoms with E-state index in [-0.39, 0.29) is 23.2 Å². The van der Waals surface area contributed by atoms with Crippen molar-refractivity contribution < 1.29 is 22.4 Å². The minimum Gasteiger partial charge on any atom is -0.468 e.